The summed E-state index contributed by atoms with van der Waals surface area (Å²) in [7, 11) is 0. The number of hydrogen-bond donors (Lipinski definition) is 0. The number of carbonyl (C=O) groups excluding carboxylic acids is 2. The number of aliphatic carboxylic acids is 1. The predicted octanol–water partition coefficient (Wildman–Crippen LogP) is 0.785. The number of carbonyl (C=O) groups is 2. The topological polar surface area (TPSA) is 69.7 Å². The normalized spacial score (nSPS) is 18.9. The van der Waals surface area contributed by atoms with Gasteiger partial charge in [-0.25, -0.2) is 4.79 Å². The molecule has 0 saturated carbocycles. The van der Waals surface area contributed by atoms with Gasteiger partial charge in [0.1, 0.15) is 6.61 Å². The van der Waals surface area contributed by atoms with Gasteiger partial charge >= 0.3 is 6.09 Å². The van der Waals surface area contributed by atoms with E-state index in [1.807, 2.05) is 30.3 Å². The fourth-order valence-electron chi connectivity index (χ4n) is 2.15. The van der Waals surface area contributed by atoms with E-state index in [0.29, 0.717) is 19.4 Å². The van der Waals surface area contributed by atoms with Crippen molar-refractivity contribution in [1.82, 2.24) is 4.90 Å². The molecule has 2 rings (SSSR count). The van der Waals surface area contributed by atoms with E-state index in [-0.39, 0.29) is 13.2 Å². The number of nitrogens with zero attached hydrogens (tertiary/aromatic N) is 1. The number of carboxylic acid groups (broad SMARTS) is 1. The summed E-state index contributed by atoms with van der Waals surface area (Å²) >= 11 is 0. The summed E-state index contributed by atoms with van der Waals surface area (Å²) in [6, 6.07) is 9.37. The number of ether oxygens (including phenoxy) is 1. The quantitative estimate of drug-likeness (QED) is 0.807. The molecule has 0 N–H and O–H groups in total. The SMILES string of the molecule is O=C([O-])[C@@H]1CCCN(C(=O)OCc2ccccc2)C1. The molecule has 1 atom stereocenters. The van der Waals surface area contributed by atoms with Crippen LogP contribution in [0.4, 0.5) is 4.79 Å². The first kappa shape index (κ1) is 13.4. The molecule has 1 fully saturated rings. The molecule has 1 saturated heterocycles. The van der Waals surface area contributed by atoms with Crippen molar-refractivity contribution in [2.75, 3.05) is 13.1 Å². The third-order valence-corrected chi connectivity index (χ3v) is 3.22. The summed E-state index contributed by atoms with van der Waals surface area (Å²) < 4.78 is 5.17. The molecule has 1 aromatic carbocycles. The molecular formula is C14H16NO4-. The summed E-state index contributed by atoms with van der Waals surface area (Å²) in [6.45, 7) is 0.916. The van der Waals surface area contributed by atoms with Crippen molar-refractivity contribution < 1.29 is 19.4 Å². The molecule has 102 valence electrons. The highest BCUT2D eigenvalue weighted by atomic mass is 16.6. The smallest absolute Gasteiger partial charge is 0.410 e. The molecule has 1 amide bonds. The van der Waals surface area contributed by atoms with Crippen molar-refractivity contribution in [1.29, 1.82) is 0 Å². The van der Waals surface area contributed by atoms with Crippen LogP contribution in [0, 0.1) is 5.92 Å². The third-order valence-electron chi connectivity index (χ3n) is 3.22. The summed E-state index contributed by atoms with van der Waals surface area (Å²) in [5.41, 5.74) is 0.907. The highest BCUT2D eigenvalue weighted by Gasteiger charge is 2.25. The number of piperidine rings is 1. The van der Waals surface area contributed by atoms with Crippen LogP contribution in [0.25, 0.3) is 0 Å². The molecular weight excluding hydrogens is 246 g/mol. The average molecular weight is 262 g/mol. The number of benzene rings is 1. The van der Waals surface area contributed by atoms with Gasteiger partial charge in [-0.3, -0.25) is 0 Å². The number of hydrogen-bond acceptors (Lipinski definition) is 4. The van der Waals surface area contributed by atoms with Crippen LogP contribution in [0.1, 0.15) is 18.4 Å². The van der Waals surface area contributed by atoms with E-state index in [1.165, 1.54) is 4.90 Å². The monoisotopic (exact) mass is 262 g/mol. The minimum atomic E-state index is -1.10. The maximum absolute atomic E-state index is 11.8. The van der Waals surface area contributed by atoms with E-state index < -0.39 is 18.0 Å². The fraction of sp³-hybridized carbons (Fsp3) is 0.429. The van der Waals surface area contributed by atoms with Crippen molar-refractivity contribution in [3.05, 3.63) is 35.9 Å². The molecule has 0 bridgehead atoms. The second-order valence-electron chi connectivity index (χ2n) is 4.64. The van der Waals surface area contributed by atoms with Crippen molar-refractivity contribution >= 4 is 12.1 Å². The Hall–Kier alpha value is -2.04. The number of amides is 1. The Kier molecular flexibility index (Phi) is 4.39. The van der Waals surface area contributed by atoms with Crippen LogP contribution in [0.2, 0.25) is 0 Å². The van der Waals surface area contributed by atoms with Gasteiger partial charge in [-0.2, -0.15) is 0 Å². The molecule has 1 aliphatic rings. The van der Waals surface area contributed by atoms with E-state index >= 15 is 0 Å². The zero-order valence-electron chi connectivity index (χ0n) is 10.6. The number of rotatable bonds is 3. The molecule has 0 aliphatic carbocycles. The highest BCUT2D eigenvalue weighted by molar-refractivity contribution is 5.71. The van der Waals surface area contributed by atoms with Gasteiger partial charge in [-0.15, -0.1) is 0 Å². The first-order valence-corrected chi connectivity index (χ1v) is 6.33. The minimum Gasteiger partial charge on any atom is -0.550 e. The lowest BCUT2D eigenvalue weighted by Gasteiger charge is -2.32. The minimum absolute atomic E-state index is 0.177. The summed E-state index contributed by atoms with van der Waals surface area (Å²) in [4.78, 5) is 24.1. The maximum atomic E-state index is 11.8. The Morgan fingerprint density at radius 1 is 1.32 bits per heavy atom. The summed E-state index contributed by atoms with van der Waals surface area (Å²) in [5.74, 6) is -1.68. The van der Waals surface area contributed by atoms with Crippen LogP contribution in [0.3, 0.4) is 0 Å². The molecule has 0 spiro atoms. The van der Waals surface area contributed by atoms with Crippen LogP contribution in [0.5, 0.6) is 0 Å². The lowest BCUT2D eigenvalue weighted by atomic mass is 9.99. The van der Waals surface area contributed by atoms with Gasteiger partial charge in [0.2, 0.25) is 0 Å². The molecule has 1 aromatic rings. The van der Waals surface area contributed by atoms with Gasteiger partial charge in [0.05, 0.1) is 0 Å². The van der Waals surface area contributed by atoms with Gasteiger partial charge in [0.15, 0.2) is 0 Å². The van der Waals surface area contributed by atoms with Crippen LogP contribution in [-0.4, -0.2) is 30.1 Å². The zero-order valence-corrected chi connectivity index (χ0v) is 10.6. The fourth-order valence-corrected chi connectivity index (χ4v) is 2.15. The standard InChI is InChI=1S/C14H17NO4/c16-13(17)12-7-4-8-15(9-12)14(18)19-10-11-5-2-1-3-6-11/h1-3,5-6,12H,4,7-10H2,(H,16,17)/p-1/t12-/m1/s1. The van der Waals surface area contributed by atoms with E-state index in [2.05, 4.69) is 0 Å². The zero-order chi connectivity index (χ0) is 13.7. The van der Waals surface area contributed by atoms with Crippen LogP contribution in [0.15, 0.2) is 30.3 Å². The lowest BCUT2D eigenvalue weighted by molar-refractivity contribution is -0.312. The molecule has 0 unspecified atom stereocenters. The van der Waals surface area contributed by atoms with Gasteiger partial charge in [-0.05, 0) is 18.4 Å². The third kappa shape index (κ3) is 3.71. The van der Waals surface area contributed by atoms with Crippen molar-refractivity contribution in [2.24, 2.45) is 5.92 Å². The summed E-state index contributed by atoms with van der Waals surface area (Å²) in [5, 5.41) is 10.8. The van der Waals surface area contributed by atoms with E-state index in [1.54, 1.807) is 0 Å². The Morgan fingerprint density at radius 3 is 2.74 bits per heavy atom. The van der Waals surface area contributed by atoms with Gasteiger partial charge in [0.25, 0.3) is 0 Å². The van der Waals surface area contributed by atoms with Crippen molar-refractivity contribution in [3.8, 4) is 0 Å². The molecule has 0 radical (unpaired) electrons. The van der Waals surface area contributed by atoms with E-state index in [9.17, 15) is 14.7 Å². The van der Waals surface area contributed by atoms with Crippen molar-refractivity contribution in [2.45, 2.75) is 19.4 Å². The van der Waals surface area contributed by atoms with Gasteiger partial charge in [-0.1, -0.05) is 30.3 Å². The molecule has 5 nitrogen and oxygen atoms in total. The Balaban J connectivity index is 1.84. The predicted molar refractivity (Wildman–Crippen MR) is 65.9 cm³/mol. The number of likely N-dealkylation sites (tertiary alicyclic amines) is 1. The first-order chi connectivity index (χ1) is 9.16. The van der Waals surface area contributed by atoms with Gasteiger partial charge < -0.3 is 19.5 Å². The Morgan fingerprint density at radius 2 is 2.05 bits per heavy atom. The Bertz CT molecular complexity index is 446. The second-order valence-corrected chi connectivity index (χ2v) is 4.64. The largest absolute Gasteiger partial charge is 0.550 e. The number of carboxylic acids is 1. The molecule has 1 heterocycles. The molecule has 1 aliphatic heterocycles. The van der Waals surface area contributed by atoms with Crippen LogP contribution < -0.4 is 5.11 Å². The first-order valence-electron chi connectivity index (χ1n) is 6.33. The molecule has 19 heavy (non-hydrogen) atoms. The highest BCUT2D eigenvalue weighted by Crippen LogP contribution is 2.17. The van der Waals surface area contributed by atoms with Crippen LogP contribution >= 0.6 is 0 Å². The van der Waals surface area contributed by atoms with Crippen molar-refractivity contribution in [3.63, 3.8) is 0 Å². The molecule has 0 aromatic heterocycles. The second kappa shape index (κ2) is 6.22. The van der Waals surface area contributed by atoms with E-state index in [0.717, 1.165) is 5.56 Å². The lowest BCUT2D eigenvalue weighted by Crippen LogP contribution is -2.46. The average Bonchev–Trinajstić information content (AvgIpc) is 2.46. The Labute approximate surface area is 111 Å². The maximum Gasteiger partial charge on any atom is 0.410 e. The summed E-state index contributed by atoms with van der Waals surface area (Å²) in [6.07, 6.45) is 0.763. The van der Waals surface area contributed by atoms with Gasteiger partial charge in [0, 0.05) is 25.0 Å². The van der Waals surface area contributed by atoms with E-state index in [4.69, 9.17) is 4.74 Å². The van der Waals surface area contributed by atoms with Crippen LogP contribution in [-0.2, 0) is 16.1 Å². The molecule has 5 heteroatoms.